The fraction of sp³-hybridized carbons (Fsp3) is 0.222. The molecule has 120 valence electrons. The minimum absolute atomic E-state index is 0.0120. The molecule has 0 saturated heterocycles. The highest BCUT2D eigenvalue weighted by atomic mass is 127. The lowest BCUT2D eigenvalue weighted by atomic mass is 10.1. The largest absolute Gasteiger partial charge is 0.332 e. The molecule has 2 aromatic carbocycles. The highest BCUT2D eigenvalue weighted by molar-refractivity contribution is 14.1. The van der Waals surface area contributed by atoms with E-state index in [1.807, 2.05) is 50.2 Å². The lowest BCUT2D eigenvalue weighted by molar-refractivity contribution is -0.116. The first-order chi connectivity index (χ1) is 10.9. The monoisotopic (exact) mass is 422 g/mol. The van der Waals surface area contributed by atoms with Crippen molar-refractivity contribution in [3.63, 3.8) is 0 Å². The van der Waals surface area contributed by atoms with Crippen LogP contribution in [0.1, 0.15) is 21.5 Å². The number of hydrogen-bond acceptors (Lipinski definition) is 2. The van der Waals surface area contributed by atoms with Gasteiger partial charge in [0.15, 0.2) is 0 Å². The van der Waals surface area contributed by atoms with Gasteiger partial charge >= 0.3 is 0 Å². The number of carbonyl (C=O) groups is 2. The molecule has 0 saturated carbocycles. The Labute approximate surface area is 150 Å². The maximum absolute atomic E-state index is 12.4. The molecule has 2 aromatic rings. The lowest BCUT2D eigenvalue weighted by Gasteiger charge is -2.18. The van der Waals surface area contributed by atoms with Crippen LogP contribution in [-0.2, 0) is 4.79 Å². The zero-order valence-electron chi connectivity index (χ0n) is 13.4. The van der Waals surface area contributed by atoms with Crippen LogP contribution in [0.25, 0.3) is 0 Å². The van der Waals surface area contributed by atoms with Crippen molar-refractivity contribution in [1.29, 1.82) is 0 Å². The van der Waals surface area contributed by atoms with E-state index in [4.69, 9.17) is 0 Å². The maximum atomic E-state index is 12.4. The molecular formula is C18H19IN2O2. The number of amides is 2. The third kappa shape index (κ3) is 4.54. The Balaban J connectivity index is 2.04. The number of anilines is 1. The van der Waals surface area contributed by atoms with Crippen molar-refractivity contribution in [3.8, 4) is 0 Å². The molecule has 0 unspecified atom stereocenters. The normalized spacial score (nSPS) is 10.3. The molecule has 0 aliphatic heterocycles. The summed E-state index contributed by atoms with van der Waals surface area (Å²) in [5.74, 6) is -0.371. The summed E-state index contributed by atoms with van der Waals surface area (Å²) in [6.07, 6.45) is 0. The average molecular weight is 422 g/mol. The molecule has 0 atom stereocenters. The Morgan fingerprint density at radius 3 is 2.30 bits per heavy atom. The predicted molar refractivity (Wildman–Crippen MR) is 101 cm³/mol. The number of hydrogen-bond donors (Lipinski definition) is 1. The van der Waals surface area contributed by atoms with Gasteiger partial charge in [-0.25, -0.2) is 0 Å². The van der Waals surface area contributed by atoms with Crippen LogP contribution in [0.15, 0.2) is 42.5 Å². The van der Waals surface area contributed by atoms with Gasteiger partial charge in [-0.15, -0.1) is 0 Å². The van der Waals surface area contributed by atoms with E-state index >= 15 is 0 Å². The van der Waals surface area contributed by atoms with Crippen LogP contribution in [-0.4, -0.2) is 30.3 Å². The molecule has 1 N–H and O–H groups in total. The van der Waals surface area contributed by atoms with Crippen LogP contribution in [0.4, 0.5) is 5.69 Å². The number of aryl methyl sites for hydroxylation is 2. The van der Waals surface area contributed by atoms with E-state index in [0.717, 1.165) is 20.4 Å². The Kier molecular flexibility index (Phi) is 5.76. The minimum Gasteiger partial charge on any atom is -0.332 e. The van der Waals surface area contributed by atoms with Gasteiger partial charge in [0.05, 0.1) is 6.54 Å². The van der Waals surface area contributed by atoms with E-state index in [0.29, 0.717) is 5.56 Å². The van der Waals surface area contributed by atoms with Crippen molar-refractivity contribution >= 4 is 40.1 Å². The van der Waals surface area contributed by atoms with Crippen LogP contribution in [0, 0.1) is 17.4 Å². The predicted octanol–water partition coefficient (Wildman–Crippen LogP) is 3.62. The van der Waals surface area contributed by atoms with Crippen molar-refractivity contribution < 1.29 is 9.59 Å². The van der Waals surface area contributed by atoms with E-state index in [2.05, 4.69) is 27.9 Å². The fourth-order valence-electron chi connectivity index (χ4n) is 2.32. The van der Waals surface area contributed by atoms with E-state index in [1.54, 1.807) is 13.1 Å². The summed E-state index contributed by atoms with van der Waals surface area (Å²) in [4.78, 5) is 26.0. The van der Waals surface area contributed by atoms with Crippen LogP contribution in [0.3, 0.4) is 0 Å². The van der Waals surface area contributed by atoms with Gasteiger partial charge < -0.3 is 10.2 Å². The molecule has 2 amide bonds. The summed E-state index contributed by atoms with van der Waals surface area (Å²) < 4.78 is 0.988. The van der Waals surface area contributed by atoms with Gasteiger partial charge in [0.1, 0.15) is 0 Å². The standard InChI is InChI=1S/C18H19IN2O2/c1-12-6-4-7-13(2)17(12)20-16(22)11-21(3)18(23)14-8-5-9-15(19)10-14/h4-10H,11H2,1-3H3,(H,20,22). The van der Waals surface area contributed by atoms with Gasteiger partial charge in [-0.05, 0) is 65.8 Å². The van der Waals surface area contributed by atoms with Crippen LogP contribution < -0.4 is 5.32 Å². The number of nitrogens with zero attached hydrogens (tertiary/aromatic N) is 1. The number of para-hydroxylation sites is 1. The molecule has 0 fully saturated rings. The molecule has 0 bridgehead atoms. The molecular weight excluding hydrogens is 403 g/mol. The van der Waals surface area contributed by atoms with E-state index in [9.17, 15) is 9.59 Å². The molecule has 0 aromatic heterocycles. The van der Waals surface area contributed by atoms with Gasteiger partial charge in [-0.2, -0.15) is 0 Å². The SMILES string of the molecule is Cc1cccc(C)c1NC(=O)CN(C)C(=O)c1cccc(I)c1. The van der Waals surface area contributed by atoms with Gasteiger partial charge in [0.25, 0.3) is 5.91 Å². The minimum atomic E-state index is -0.205. The molecule has 0 aliphatic carbocycles. The molecule has 0 spiro atoms. The highest BCUT2D eigenvalue weighted by Gasteiger charge is 2.16. The fourth-order valence-corrected chi connectivity index (χ4v) is 2.86. The highest BCUT2D eigenvalue weighted by Crippen LogP contribution is 2.19. The first-order valence-electron chi connectivity index (χ1n) is 7.25. The molecule has 0 heterocycles. The van der Waals surface area contributed by atoms with Crippen LogP contribution in [0.2, 0.25) is 0 Å². The topological polar surface area (TPSA) is 49.4 Å². The summed E-state index contributed by atoms with van der Waals surface area (Å²) >= 11 is 2.16. The van der Waals surface area contributed by atoms with Crippen molar-refractivity contribution in [2.75, 3.05) is 18.9 Å². The van der Waals surface area contributed by atoms with Crippen molar-refractivity contribution in [2.45, 2.75) is 13.8 Å². The van der Waals surface area contributed by atoms with Crippen molar-refractivity contribution in [3.05, 3.63) is 62.7 Å². The molecule has 5 heteroatoms. The Morgan fingerprint density at radius 2 is 1.70 bits per heavy atom. The molecule has 2 rings (SSSR count). The zero-order valence-corrected chi connectivity index (χ0v) is 15.5. The second-order valence-corrected chi connectivity index (χ2v) is 6.73. The Morgan fingerprint density at radius 1 is 1.09 bits per heavy atom. The number of benzene rings is 2. The third-order valence-electron chi connectivity index (χ3n) is 3.54. The summed E-state index contributed by atoms with van der Waals surface area (Å²) in [6.45, 7) is 3.91. The Hall–Kier alpha value is -1.89. The van der Waals surface area contributed by atoms with Gasteiger partial charge in [-0.3, -0.25) is 9.59 Å². The number of carbonyl (C=O) groups excluding carboxylic acids is 2. The first-order valence-corrected chi connectivity index (χ1v) is 8.33. The van der Waals surface area contributed by atoms with Crippen molar-refractivity contribution in [2.24, 2.45) is 0 Å². The number of halogens is 1. The summed E-state index contributed by atoms with van der Waals surface area (Å²) in [7, 11) is 1.63. The Bertz CT molecular complexity index is 723. The smallest absolute Gasteiger partial charge is 0.254 e. The maximum Gasteiger partial charge on any atom is 0.254 e. The van der Waals surface area contributed by atoms with Gasteiger partial charge in [0, 0.05) is 21.9 Å². The van der Waals surface area contributed by atoms with E-state index < -0.39 is 0 Å². The van der Waals surface area contributed by atoms with Crippen molar-refractivity contribution in [1.82, 2.24) is 4.90 Å². The average Bonchev–Trinajstić information content (AvgIpc) is 2.50. The number of nitrogens with one attached hydrogen (secondary N) is 1. The quantitative estimate of drug-likeness (QED) is 0.766. The molecule has 0 radical (unpaired) electrons. The number of rotatable bonds is 4. The second-order valence-electron chi connectivity index (χ2n) is 5.49. The summed E-state index contributed by atoms with van der Waals surface area (Å²) in [5, 5.41) is 2.89. The molecule has 0 aliphatic rings. The first kappa shape index (κ1) is 17.5. The van der Waals surface area contributed by atoms with Crippen LogP contribution in [0.5, 0.6) is 0 Å². The number of likely N-dealkylation sites (N-methyl/N-ethyl adjacent to an activating group) is 1. The third-order valence-corrected chi connectivity index (χ3v) is 4.22. The van der Waals surface area contributed by atoms with Crippen LogP contribution >= 0.6 is 22.6 Å². The molecule has 4 nitrogen and oxygen atoms in total. The van der Waals surface area contributed by atoms with Gasteiger partial charge in [0.2, 0.25) is 5.91 Å². The molecule has 23 heavy (non-hydrogen) atoms. The second kappa shape index (κ2) is 7.59. The van der Waals surface area contributed by atoms with Gasteiger partial charge in [-0.1, -0.05) is 24.3 Å². The summed E-state index contributed by atoms with van der Waals surface area (Å²) in [5.41, 5.74) is 3.40. The van der Waals surface area contributed by atoms with E-state index in [-0.39, 0.29) is 18.4 Å². The zero-order chi connectivity index (χ0) is 17.0. The summed E-state index contributed by atoms with van der Waals surface area (Å²) in [6, 6.07) is 13.2. The van der Waals surface area contributed by atoms with E-state index in [1.165, 1.54) is 4.90 Å². The lowest BCUT2D eigenvalue weighted by Crippen LogP contribution is -2.35.